The lowest BCUT2D eigenvalue weighted by atomic mass is 9.93. The molecule has 3 nitrogen and oxygen atoms in total. The van der Waals surface area contributed by atoms with Crippen LogP contribution in [0.25, 0.3) is 22.5 Å². The van der Waals surface area contributed by atoms with Crippen molar-refractivity contribution in [1.82, 2.24) is 10.2 Å². The smallest absolute Gasteiger partial charge is 0.123 e. The van der Waals surface area contributed by atoms with Gasteiger partial charge in [-0.1, -0.05) is 28.1 Å². The Kier molecular flexibility index (Phi) is 3.72. The number of ether oxygens (including phenoxy) is 1. The second-order valence-corrected chi connectivity index (χ2v) is 7.78. The average Bonchev–Trinajstić information content (AvgIpc) is 3.04. The highest BCUT2D eigenvalue weighted by atomic mass is 79.9. The molecule has 0 radical (unpaired) electrons. The number of aromatic nitrogens is 2. The van der Waals surface area contributed by atoms with Crippen molar-refractivity contribution in [2.24, 2.45) is 0 Å². The molecule has 1 aromatic heterocycles. The highest BCUT2D eigenvalue weighted by Gasteiger charge is 2.26. The van der Waals surface area contributed by atoms with Gasteiger partial charge >= 0.3 is 0 Å². The molecule has 1 aliphatic heterocycles. The monoisotopic (exact) mass is 382 g/mol. The van der Waals surface area contributed by atoms with Crippen molar-refractivity contribution in [1.29, 1.82) is 0 Å². The maximum absolute atomic E-state index is 6.06. The molecule has 0 bridgehead atoms. The quantitative estimate of drug-likeness (QED) is 0.625. The Morgan fingerprint density at radius 3 is 2.79 bits per heavy atom. The van der Waals surface area contributed by atoms with Gasteiger partial charge in [0.25, 0.3) is 0 Å². The van der Waals surface area contributed by atoms with E-state index >= 15 is 0 Å². The minimum atomic E-state index is -0.0747. The number of H-pyrrole nitrogens is 1. The predicted molar refractivity (Wildman–Crippen MR) is 100 cm³/mol. The first-order valence-electron chi connectivity index (χ1n) is 8.14. The molecule has 24 heavy (non-hydrogen) atoms. The number of fused-ring (bicyclic) bond motifs is 1. The third-order valence-electron chi connectivity index (χ3n) is 4.45. The number of hydrogen-bond acceptors (Lipinski definition) is 2. The summed E-state index contributed by atoms with van der Waals surface area (Å²) in [6, 6.07) is 16.7. The van der Waals surface area contributed by atoms with Gasteiger partial charge in [0.05, 0.1) is 11.4 Å². The molecule has 0 atom stereocenters. The summed E-state index contributed by atoms with van der Waals surface area (Å²) in [7, 11) is 0. The number of aryl methyl sites for hydroxylation is 1. The van der Waals surface area contributed by atoms with Gasteiger partial charge in [-0.05, 0) is 68.7 Å². The van der Waals surface area contributed by atoms with Crippen LogP contribution in [0.15, 0.2) is 53.0 Å². The summed E-state index contributed by atoms with van der Waals surface area (Å²) in [5.41, 5.74) is 5.40. The Hall–Kier alpha value is -2.07. The normalized spacial score (nSPS) is 15.6. The van der Waals surface area contributed by atoms with Crippen LogP contribution in [0.5, 0.6) is 5.75 Å². The summed E-state index contributed by atoms with van der Waals surface area (Å²) < 4.78 is 7.12. The molecule has 1 aliphatic rings. The van der Waals surface area contributed by atoms with Crippen molar-refractivity contribution < 1.29 is 4.74 Å². The molecule has 4 rings (SSSR count). The Balaban J connectivity index is 1.66. The molecule has 0 saturated heterocycles. The van der Waals surface area contributed by atoms with E-state index in [0.717, 1.165) is 45.6 Å². The minimum Gasteiger partial charge on any atom is -0.488 e. The van der Waals surface area contributed by atoms with Gasteiger partial charge in [-0.3, -0.25) is 5.10 Å². The standard InChI is InChI=1S/C20H19BrN2O/c1-20(2)9-8-15-10-14(6-7-19(15)24-20)18-12-17(22-23-18)13-4-3-5-16(21)11-13/h3-7,10-12H,8-9H2,1-2H3,(H,22,23). The molecule has 0 unspecified atom stereocenters. The third kappa shape index (κ3) is 2.98. The lowest BCUT2D eigenvalue weighted by molar-refractivity contribution is 0.0847. The molecule has 2 heterocycles. The van der Waals surface area contributed by atoms with E-state index in [1.807, 2.05) is 12.1 Å². The number of halogens is 1. The fourth-order valence-electron chi connectivity index (χ4n) is 3.09. The van der Waals surface area contributed by atoms with E-state index in [1.54, 1.807) is 0 Å². The van der Waals surface area contributed by atoms with E-state index in [-0.39, 0.29) is 5.60 Å². The molecule has 3 aromatic rings. The predicted octanol–water partition coefficient (Wildman–Crippen LogP) is 5.61. The van der Waals surface area contributed by atoms with Crippen molar-refractivity contribution in [2.75, 3.05) is 0 Å². The fourth-order valence-corrected chi connectivity index (χ4v) is 3.49. The van der Waals surface area contributed by atoms with Crippen molar-refractivity contribution >= 4 is 15.9 Å². The van der Waals surface area contributed by atoms with Gasteiger partial charge in [0.2, 0.25) is 0 Å². The SMILES string of the molecule is CC1(C)CCc2cc(-c3cc(-c4cccc(Br)c4)[nH]n3)ccc2O1. The van der Waals surface area contributed by atoms with Crippen molar-refractivity contribution in [2.45, 2.75) is 32.3 Å². The van der Waals surface area contributed by atoms with Gasteiger partial charge in [0, 0.05) is 15.6 Å². The highest BCUT2D eigenvalue weighted by Crippen LogP contribution is 2.36. The van der Waals surface area contributed by atoms with Crippen LogP contribution in [0.2, 0.25) is 0 Å². The fraction of sp³-hybridized carbons (Fsp3) is 0.250. The first kappa shape index (κ1) is 15.5. The van der Waals surface area contributed by atoms with Crippen molar-refractivity contribution in [3.8, 4) is 28.3 Å². The maximum Gasteiger partial charge on any atom is 0.123 e. The summed E-state index contributed by atoms with van der Waals surface area (Å²) in [5, 5.41) is 7.63. The van der Waals surface area contributed by atoms with E-state index in [9.17, 15) is 0 Å². The van der Waals surface area contributed by atoms with Gasteiger partial charge in [-0.15, -0.1) is 0 Å². The van der Waals surface area contributed by atoms with Crippen molar-refractivity contribution in [3.05, 3.63) is 58.6 Å². The van der Waals surface area contributed by atoms with Crippen LogP contribution in [-0.4, -0.2) is 15.8 Å². The molecule has 0 amide bonds. The van der Waals surface area contributed by atoms with Gasteiger partial charge in [0.1, 0.15) is 11.4 Å². The Bertz CT molecular complexity index is 898. The first-order valence-corrected chi connectivity index (χ1v) is 8.93. The zero-order valence-corrected chi connectivity index (χ0v) is 15.4. The molecular weight excluding hydrogens is 364 g/mol. The molecule has 122 valence electrons. The molecule has 1 N–H and O–H groups in total. The van der Waals surface area contributed by atoms with E-state index in [0.29, 0.717) is 0 Å². The second-order valence-electron chi connectivity index (χ2n) is 6.86. The van der Waals surface area contributed by atoms with Crippen LogP contribution in [0.3, 0.4) is 0 Å². The molecule has 0 aliphatic carbocycles. The van der Waals surface area contributed by atoms with Crippen molar-refractivity contribution in [3.63, 3.8) is 0 Å². The number of rotatable bonds is 2. The van der Waals surface area contributed by atoms with Gasteiger partial charge in [-0.2, -0.15) is 5.10 Å². The van der Waals surface area contributed by atoms with Crippen LogP contribution in [0.1, 0.15) is 25.8 Å². The summed E-state index contributed by atoms with van der Waals surface area (Å²) >= 11 is 3.51. The molecule has 0 fully saturated rings. The first-order chi connectivity index (χ1) is 11.5. The highest BCUT2D eigenvalue weighted by molar-refractivity contribution is 9.10. The lowest BCUT2D eigenvalue weighted by Crippen LogP contribution is -2.32. The Morgan fingerprint density at radius 1 is 1.08 bits per heavy atom. The molecular formula is C20H19BrN2O. The third-order valence-corrected chi connectivity index (χ3v) is 4.95. The molecule has 4 heteroatoms. The topological polar surface area (TPSA) is 37.9 Å². The summed E-state index contributed by atoms with van der Waals surface area (Å²) in [4.78, 5) is 0. The van der Waals surface area contributed by atoms with Gasteiger partial charge in [-0.25, -0.2) is 0 Å². The summed E-state index contributed by atoms with van der Waals surface area (Å²) in [6.07, 6.45) is 2.08. The van der Waals surface area contributed by atoms with E-state index < -0.39 is 0 Å². The van der Waals surface area contributed by atoms with E-state index in [4.69, 9.17) is 4.74 Å². The molecule has 0 spiro atoms. The van der Waals surface area contributed by atoms with E-state index in [2.05, 4.69) is 76.4 Å². The average molecular weight is 383 g/mol. The zero-order chi connectivity index (χ0) is 16.7. The number of hydrogen-bond donors (Lipinski definition) is 1. The number of nitrogens with one attached hydrogen (secondary N) is 1. The van der Waals surface area contributed by atoms with Crippen LogP contribution in [-0.2, 0) is 6.42 Å². The largest absolute Gasteiger partial charge is 0.488 e. The van der Waals surface area contributed by atoms with Crippen LogP contribution >= 0.6 is 15.9 Å². The van der Waals surface area contributed by atoms with Crippen LogP contribution in [0.4, 0.5) is 0 Å². The summed E-state index contributed by atoms with van der Waals surface area (Å²) in [6.45, 7) is 4.28. The Morgan fingerprint density at radius 2 is 1.96 bits per heavy atom. The second kappa shape index (κ2) is 5.78. The van der Waals surface area contributed by atoms with Gasteiger partial charge in [0.15, 0.2) is 0 Å². The lowest BCUT2D eigenvalue weighted by Gasteiger charge is -2.32. The maximum atomic E-state index is 6.06. The molecule has 2 aromatic carbocycles. The number of aromatic amines is 1. The van der Waals surface area contributed by atoms with Gasteiger partial charge < -0.3 is 4.74 Å². The Labute approximate surface area is 150 Å². The number of nitrogens with zero attached hydrogens (tertiary/aromatic N) is 1. The zero-order valence-electron chi connectivity index (χ0n) is 13.8. The van der Waals surface area contributed by atoms with Crippen LogP contribution in [0, 0.1) is 0 Å². The van der Waals surface area contributed by atoms with Crippen LogP contribution < -0.4 is 4.74 Å². The minimum absolute atomic E-state index is 0.0747. The molecule has 0 saturated carbocycles. The number of benzene rings is 2. The van der Waals surface area contributed by atoms with E-state index in [1.165, 1.54) is 5.56 Å². The summed E-state index contributed by atoms with van der Waals surface area (Å²) in [5.74, 6) is 0.998.